The van der Waals surface area contributed by atoms with Crippen LogP contribution in [0.5, 0.6) is 0 Å². The van der Waals surface area contributed by atoms with Crippen LogP contribution in [0, 0.1) is 0 Å². The molecular weight excluding hydrogens is 462 g/mol. The molecular formula is C24H26ClN3O4S. The first-order chi connectivity index (χ1) is 15.9. The van der Waals surface area contributed by atoms with Crippen molar-refractivity contribution in [3.63, 3.8) is 0 Å². The van der Waals surface area contributed by atoms with E-state index in [1.54, 1.807) is 40.8 Å². The van der Waals surface area contributed by atoms with Gasteiger partial charge >= 0.3 is 0 Å². The van der Waals surface area contributed by atoms with Gasteiger partial charge in [-0.3, -0.25) is 4.79 Å². The number of carbonyl (C=O) groups is 1. The largest absolute Gasteiger partial charge is 0.441 e. The molecule has 1 fully saturated rings. The standard InChI is InChI=1S/C24H26ClN3O4S/c25-21-10-3-2-9-20(21)22-17-27-24(32-22)12-11-23(29)26-16-18-7-6-8-19(15-18)33(30,31)28-13-4-1-5-14-28/h2-3,6-10,15,17H,1,4-5,11-14,16H2,(H,26,29). The molecule has 1 saturated heterocycles. The molecule has 1 N–H and O–H groups in total. The summed E-state index contributed by atoms with van der Waals surface area (Å²) in [6, 6.07) is 14.1. The highest BCUT2D eigenvalue weighted by Gasteiger charge is 2.26. The zero-order chi connectivity index (χ0) is 23.3. The van der Waals surface area contributed by atoms with E-state index in [1.807, 2.05) is 18.2 Å². The molecule has 0 aliphatic carbocycles. The Kier molecular flexibility index (Phi) is 7.47. The minimum Gasteiger partial charge on any atom is -0.441 e. The molecule has 174 valence electrons. The summed E-state index contributed by atoms with van der Waals surface area (Å²) in [6.07, 6.45) is 4.99. The van der Waals surface area contributed by atoms with Crippen LogP contribution >= 0.6 is 11.6 Å². The van der Waals surface area contributed by atoms with E-state index < -0.39 is 10.0 Å². The highest BCUT2D eigenvalue weighted by molar-refractivity contribution is 7.89. The number of sulfonamides is 1. The maximum atomic E-state index is 12.9. The van der Waals surface area contributed by atoms with E-state index in [4.69, 9.17) is 16.0 Å². The van der Waals surface area contributed by atoms with Gasteiger partial charge in [0.1, 0.15) is 0 Å². The Morgan fingerprint density at radius 3 is 2.67 bits per heavy atom. The van der Waals surface area contributed by atoms with Crippen molar-refractivity contribution in [3.8, 4) is 11.3 Å². The maximum absolute atomic E-state index is 12.9. The molecule has 1 aliphatic heterocycles. The van der Waals surface area contributed by atoms with Crippen molar-refractivity contribution < 1.29 is 17.6 Å². The molecule has 0 spiro atoms. The van der Waals surface area contributed by atoms with E-state index in [2.05, 4.69) is 10.3 Å². The lowest BCUT2D eigenvalue weighted by atomic mass is 10.2. The summed E-state index contributed by atoms with van der Waals surface area (Å²) in [5.41, 5.74) is 1.49. The lowest BCUT2D eigenvalue weighted by molar-refractivity contribution is -0.121. The number of carbonyl (C=O) groups excluding carboxylic acids is 1. The van der Waals surface area contributed by atoms with Gasteiger partial charge in [0.15, 0.2) is 11.7 Å². The lowest BCUT2D eigenvalue weighted by Gasteiger charge is -2.26. The molecule has 2 heterocycles. The monoisotopic (exact) mass is 487 g/mol. The second-order valence-electron chi connectivity index (χ2n) is 7.99. The molecule has 0 unspecified atom stereocenters. The minimum absolute atomic E-state index is 0.170. The smallest absolute Gasteiger partial charge is 0.243 e. The van der Waals surface area contributed by atoms with E-state index in [1.165, 1.54) is 0 Å². The summed E-state index contributed by atoms with van der Waals surface area (Å²) >= 11 is 6.19. The van der Waals surface area contributed by atoms with Gasteiger partial charge in [-0.15, -0.1) is 0 Å². The predicted octanol–water partition coefficient (Wildman–Crippen LogP) is 4.42. The molecule has 0 atom stereocenters. The molecule has 0 bridgehead atoms. The number of nitrogens with one attached hydrogen (secondary N) is 1. The van der Waals surface area contributed by atoms with Crippen LogP contribution in [0.25, 0.3) is 11.3 Å². The predicted molar refractivity (Wildman–Crippen MR) is 126 cm³/mol. The second kappa shape index (κ2) is 10.5. The molecule has 1 aromatic heterocycles. The summed E-state index contributed by atoms with van der Waals surface area (Å²) in [7, 11) is -3.50. The van der Waals surface area contributed by atoms with Crippen molar-refractivity contribution in [1.29, 1.82) is 0 Å². The van der Waals surface area contributed by atoms with Gasteiger partial charge in [0, 0.05) is 38.0 Å². The van der Waals surface area contributed by atoms with E-state index in [9.17, 15) is 13.2 Å². The number of benzene rings is 2. The summed E-state index contributed by atoms with van der Waals surface area (Å²) in [5, 5.41) is 3.41. The Labute approximate surface area is 198 Å². The normalized spacial score (nSPS) is 14.8. The second-order valence-corrected chi connectivity index (χ2v) is 10.3. The van der Waals surface area contributed by atoms with Crippen LogP contribution in [0.2, 0.25) is 5.02 Å². The van der Waals surface area contributed by atoms with Gasteiger partial charge in [0.05, 0.1) is 16.1 Å². The molecule has 2 aromatic carbocycles. The third-order valence-electron chi connectivity index (χ3n) is 5.60. The Morgan fingerprint density at radius 1 is 1.09 bits per heavy atom. The number of halogens is 1. The van der Waals surface area contributed by atoms with Crippen molar-refractivity contribution in [2.24, 2.45) is 0 Å². The fourth-order valence-corrected chi connectivity index (χ4v) is 5.61. The summed E-state index contributed by atoms with van der Waals surface area (Å²) in [6.45, 7) is 1.36. The molecule has 0 saturated carbocycles. The van der Waals surface area contributed by atoms with Crippen LogP contribution in [0.1, 0.15) is 37.1 Å². The molecule has 0 radical (unpaired) electrons. The summed E-state index contributed by atoms with van der Waals surface area (Å²) < 4.78 is 33.0. The topological polar surface area (TPSA) is 92.5 Å². The Balaban J connectivity index is 1.31. The van der Waals surface area contributed by atoms with Crippen molar-refractivity contribution in [3.05, 3.63) is 71.2 Å². The number of oxazole rings is 1. The number of aryl methyl sites for hydroxylation is 1. The lowest BCUT2D eigenvalue weighted by Crippen LogP contribution is -2.35. The van der Waals surface area contributed by atoms with Crippen molar-refractivity contribution in [2.75, 3.05) is 13.1 Å². The number of hydrogen-bond donors (Lipinski definition) is 1. The van der Waals surface area contributed by atoms with Crippen LogP contribution in [-0.4, -0.2) is 36.7 Å². The van der Waals surface area contributed by atoms with Gasteiger partial charge in [-0.1, -0.05) is 42.3 Å². The molecule has 9 heteroatoms. The number of rotatable bonds is 8. The number of amides is 1. The molecule has 7 nitrogen and oxygen atoms in total. The van der Waals surface area contributed by atoms with Crippen LogP contribution < -0.4 is 5.32 Å². The van der Waals surface area contributed by atoms with Crippen LogP contribution in [-0.2, 0) is 27.8 Å². The SMILES string of the molecule is O=C(CCc1ncc(-c2ccccc2Cl)o1)NCc1cccc(S(=O)(=O)N2CCCCC2)c1. The number of aromatic nitrogens is 1. The number of nitrogens with zero attached hydrogens (tertiary/aromatic N) is 2. The zero-order valence-corrected chi connectivity index (χ0v) is 19.7. The minimum atomic E-state index is -3.50. The van der Waals surface area contributed by atoms with Crippen molar-refractivity contribution >= 4 is 27.5 Å². The first kappa shape index (κ1) is 23.5. The van der Waals surface area contributed by atoms with E-state index in [-0.39, 0.29) is 23.8 Å². The average molecular weight is 488 g/mol. The highest BCUT2D eigenvalue weighted by atomic mass is 35.5. The number of hydrogen-bond acceptors (Lipinski definition) is 5. The fraction of sp³-hybridized carbons (Fsp3) is 0.333. The highest BCUT2D eigenvalue weighted by Crippen LogP contribution is 2.28. The molecule has 1 aliphatic rings. The summed E-state index contributed by atoms with van der Waals surface area (Å²) in [5.74, 6) is 0.842. The molecule has 4 rings (SSSR count). The number of piperidine rings is 1. The van der Waals surface area contributed by atoms with Crippen LogP contribution in [0.3, 0.4) is 0 Å². The molecule has 33 heavy (non-hydrogen) atoms. The maximum Gasteiger partial charge on any atom is 0.243 e. The van der Waals surface area contributed by atoms with Gasteiger partial charge in [-0.25, -0.2) is 13.4 Å². The van der Waals surface area contributed by atoms with Gasteiger partial charge < -0.3 is 9.73 Å². The molecule has 1 amide bonds. The van der Waals surface area contributed by atoms with Gasteiger partial charge in [0.25, 0.3) is 0 Å². The fourth-order valence-electron chi connectivity index (χ4n) is 3.79. The third kappa shape index (κ3) is 5.82. The van der Waals surface area contributed by atoms with Gasteiger partial charge in [-0.2, -0.15) is 4.31 Å². The van der Waals surface area contributed by atoms with Crippen LogP contribution in [0.15, 0.2) is 64.0 Å². The first-order valence-electron chi connectivity index (χ1n) is 11.0. The average Bonchev–Trinajstić information content (AvgIpc) is 3.31. The Bertz CT molecular complexity index is 1220. The third-order valence-corrected chi connectivity index (χ3v) is 7.82. The Morgan fingerprint density at radius 2 is 1.88 bits per heavy atom. The zero-order valence-electron chi connectivity index (χ0n) is 18.2. The van der Waals surface area contributed by atoms with Crippen molar-refractivity contribution in [2.45, 2.75) is 43.5 Å². The quantitative estimate of drug-likeness (QED) is 0.507. The van der Waals surface area contributed by atoms with Crippen molar-refractivity contribution in [1.82, 2.24) is 14.6 Å². The van der Waals surface area contributed by atoms with Crippen LogP contribution in [0.4, 0.5) is 0 Å². The Hall–Kier alpha value is -2.68. The molecule has 3 aromatic rings. The van der Waals surface area contributed by atoms with E-state index in [0.29, 0.717) is 36.2 Å². The van der Waals surface area contributed by atoms with Gasteiger partial charge in [0.2, 0.25) is 15.9 Å². The van der Waals surface area contributed by atoms with Gasteiger partial charge in [-0.05, 0) is 42.7 Å². The summed E-state index contributed by atoms with van der Waals surface area (Å²) in [4.78, 5) is 16.8. The first-order valence-corrected chi connectivity index (χ1v) is 12.8. The van der Waals surface area contributed by atoms with E-state index >= 15 is 0 Å². The van der Waals surface area contributed by atoms with E-state index in [0.717, 1.165) is 30.4 Å².